The zero-order chi connectivity index (χ0) is 14.5. The Labute approximate surface area is 128 Å². The van der Waals surface area contributed by atoms with Crippen LogP contribution in [0.25, 0.3) is 0 Å². The lowest BCUT2D eigenvalue weighted by Crippen LogP contribution is -2.47. The van der Waals surface area contributed by atoms with Gasteiger partial charge in [0.2, 0.25) is 0 Å². The summed E-state index contributed by atoms with van der Waals surface area (Å²) in [7, 11) is 0. The molecule has 0 bridgehead atoms. The number of amides is 1. The number of aromatic nitrogens is 2. The van der Waals surface area contributed by atoms with E-state index in [-0.39, 0.29) is 11.9 Å². The number of likely N-dealkylation sites (tertiary alicyclic amines) is 1. The van der Waals surface area contributed by atoms with Crippen LogP contribution < -0.4 is 5.32 Å². The molecule has 3 rings (SSSR count). The number of nitrogens with zero attached hydrogens (tertiary/aromatic N) is 3. The molecule has 3 heterocycles. The molecule has 1 amide bonds. The Bertz CT molecular complexity index is 573. The van der Waals surface area contributed by atoms with Gasteiger partial charge in [-0.3, -0.25) is 9.69 Å². The zero-order valence-corrected chi connectivity index (χ0v) is 12.6. The van der Waals surface area contributed by atoms with Crippen molar-refractivity contribution >= 4 is 17.2 Å². The molecule has 1 aliphatic heterocycles. The van der Waals surface area contributed by atoms with Crippen molar-refractivity contribution in [1.29, 1.82) is 0 Å². The number of carbonyl (C=O) groups excluding carboxylic acids is 1. The lowest BCUT2D eigenvalue weighted by molar-refractivity contribution is 0.0900. The molecule has 1 N–H and O–H groups in total. The fourth-order valence-electron chi connectivity index (χ4n) is 2.63. The van der Waals surface area contributed by atoms with Crippen LogP contribution in [0.3, 0.4) is 0 Å². The van der Waals surface area contributed by atoms with Crippen LogP contribution in [0.1, 0.15) is 28.1 Å². The number of piperidine rings is 1. The number of rotatable bonds is 4. The van der Waals surface area contributed by atoms with Crippen molar-refractivity contribution < 1.29 is 4.79 Å². The SMILES string of the molecule is O=C(NC1CCCN(Cc2cccs2)C1)c1ccnnc1. The van der Waals surface area contributed by atoms with E-state index in [1.807, 2.05) is 0 Å². The van der Waals surface area contributed by atoms with Crippen LogP contribution in [0.15, 0.2) is 36.0 Å². The van der Waals surface area contributed by atoms with Gasteiger partial charge >= 0.3 is 0 Å². The predicted molar refractivity (Wildman–Crippen MR) is 82.1 cm³/mol. The van der Waals surface area contributed by atoms with Gasteiger partial charge in [-0.05, 0) is 36.9 Å². The molecule has 110 valence electrons. The van der Waals surface area contributed by atoms with Gasteiger partial charge < -0.3 is 5.32 Å². The summed E-state index contributed by atoms with van der Waals surface area (Å²) in [6.45, 7) is 2.98. The average molecular weight is 302 g/mol. The second-order valence-corrected chi connectivity index (χ2v) is 6.29. The van der Waals surface area contributed by atoms with Gasteiger partial charge in [0.05, 0.1) is 18.0 Å². The van der Waals surface area contributed by atoms with Gasteiger partial charge in [0, 0.05) is 24.0 Å². The second kappa shape index (κ2) is 6.78. The maximum Gasteiger partial charge on any atom is 0.253 e. The summed E-state index contributed by atoms with van der Waals surface area (Å²) in [6, 6.07) is 6.14. The van der Waals surface area contributed by atoms with Crippen LogP contribution in [-0.2, 0) is 6.54 Å². The van der Waals surface area contributed by atoms with E-state index >= 15 is 0 Å². The van der Waals surface area contributed by atoms with Gasteiger partial charge in [-0.15, -0.1) is 11.3 Å². The monoisotopic (exact) mass is 302 g/mol. The summed E-state index contributed by atoms with van der Waals surface area (Å²) in [6.07, 6.45) is 5.19. The normalized spacial score (nSPS) is 19.3. The fourth-order valence-corrected chi connectivity index (χ4v) is 3.38. The fraction of sp³-hybridized carbons (Fsp3) is 0.400. The topological polar surface area (TPSA) is 58.1 Å². The Morgan fingerprint density at radius 1 is 1.43 bits per heavy atom. The van der Waals surface area contributed by atoms with Crippen molar-refractivity contribution in [1.82, 2.24) is 20.4 Å². The molecular formula is C15H18N4OS. The minimum Gasteiger partial charge on any atom is -0.348 e. The third-order valence-electron chi connectivity index (χ3n) is 3.65. The summed E-state index contributed by atoms with van der Waals surface area (Å²) in [4.78, 5) is 15.9. The number of hydrogen-bond acceptors (Lipinski definition) is 5. The van der Waals surface area contributed by atoms with E-state index in [0.717, 1.165) is 32.5 Å². The standard InChI is InChI=1S/C15H18N4OS/c20-15(12-5-6-16-17-9-12)18-13-3-1-7-19(10-13)11-14-4-2-8-21-14/h2,4-6,8-9,13H,1,3,7,10-11H2,(H,18,20). The van der Waals surface area contributed by atoms with Crippen molar-refractivity contribution in [2.75, 3.05) is 13.1 Å². The van der Waals surface area contributed by atoms with E-state index in [4.69, 9.17) is 0 Å². The molecule has 21 heavy (non-hydrogen) atoms. The van der Waals surface area contributed by atoms with Gasteiger partial charge in [-0.2, -0.15) is 10.2 Å². The largest absolute Gasteiger partial charge is 0.348 e. The highest BCUT2D eigenvalue weighted by molar-refractivity contribution is 7.09. The lowest BCUT2D eigenvalue weighted by Gasteiger charge is -2.32. The Morgan fingerprint density at radius 2 is 2.38 bits per heavy atom. The first kappa shape index (κ1) is 14.2. The highest BCUT2D eigenvalue weighted by Gasteiger charge is 2.22. The molecule has 0 aromatic carbocycles. The zero-order valence-electron chi connectivity index (χ0n) is 11.7. The third-order valence-corrected chi connectivity index (χ3v) is 4.51. The molecule has 5 nitrogen and oxygen atoms in total. The number of hydrogen-bond donors (Lipinski definition) is 1. The molecule has 0 aliphatic carbocycles. The molecule has 1 aliphatic rings. The minimum absolute atomic E-state index is 0.0622. The van der Waals surface area contributed by atoms with Gasteiger partial charge in [-0.1, -0.05) is 6.07 Å². The van der Waals surface area contributed by atoms with E-state index in [2.05, 4.69) is 37.9 Å². The lowest BCUT2D eigenvalue weighted by atomic mass is 10.1. The highest BCUT2D eigenvalue weighted by atomic mass is 32.1. The van der Waals surface area contributed by atoms with Crippen LogP contribution in [0.2, 0.25) is 0 Å². The average Bonchev–Trinajstić information content (AvgIpc) is 3.01. The molecule has 1 fully saturated rings. The molecule has 0 spiro atoms. The van der Waals surface area contributed by atoms with E-state index in [0.29, 0.717) is 5.56 Å². The Morgan fingerprint density at radius 3 is 3.14 bits per heavy atom. The van der Waals surface area contributed by atoms with Crippen molar-refractivity contribution in [2.45, 2.75) is 25.4 Å². The minimum atomic E-state index is -0.0622. The maximum absolute atomic E-state index is 12.1. The summed E-state index contributed by atoms with van der Waals surface area (Å²) in [5.41, 5.74) is 0.570. The third kappa shape index (κ3) is 3.86. The second-order valence-electron chi connectivity index (χ2n) is 5.26. The van der Waals surface area contributed by atoms with Crippen LogP contribution in [0, 0.1) is 0 Å². The molecule has 6 heteroatoms. The van der Waals surface area contributed by atoms with Crippen LogP contribution in [0.4, 0.5) is 0 Å². The number of nitrogens with one attached hydrogen (secondary N) is 1. The first-order chi connectivity index (χ1) is 10.3. The molecule has 1 unspecified atom stereocenters. The van der Waals surface area contributed by atoms with Gasteiger partial charge in [-0.25, -0.2) is 0 Å². The van der Waals surface area contributed by atoms with Crippen molar-refractivity contribution in [3.05, 3.63) is 46.4 Å². The molecular weight excluding hydrogens is 284 g/mol. The van der Waals surface area contributed by atoms with Crippen LogP contribution in [-0.4, -0.2) is 40.1 Å². The summed E-state index contributed by atoms with van der Waals surface area (Å²) >= 11 is 1.78. The summed E-state index contributed by atoms with van der Waals surface area (Å²) in [5.74, 6) is -0.0622. The molecule has 0 saturated carbocycles. The smallest absolute Gasteiger partial charge is 0.253 e. The van der Waals surface area contributed by atoms with E-state index in [1.54, 1.807) is 23.6 Å². The molecule has 2 aromatic heterocycles. The van der Waals surface area contributed by atoms with Crippen LogP contribution >= 0.6 is 11.3 Å². The molecule has 0 radical (unpaired) electrons. The molecule has 2 aromatic rings. The quantitative estimate of drug-likeness (QED) is 0.937. The first-order valence-electron chi connectivity index (χ1n) is 7.13. The van der Waals surface area contributed by atoms with Crippen molar-refractivity contribution in [3.63, 3.8) is 0 Å². The maximum atomic E-state index is 12.1. The van der Waals surface area contributed by atoms with Crippen molar-refractivity contribution in [2.24, 2.45) is 0 Å². The summed E-state index contributed by atoms with van der Waals surface area (Å²) in [5, 5.41) is 12.6. The van der Waals surface area contributed by atoms with E-state index in [9.17, 15) is 4.79 Å². The van der Waals surface area contributed by atoms with E-state index < -0.39 is 0 Å². The van der Waals surface area contributed by atoms with Gasteiger partial charge in [0.1, 0.15) is 0 Å². The summed E-state index contributed by atoms with van der Waals surface area (Å²) < 4.78 is 0. The van der Waals surface area contributed by atoms with Crippen molar-refractivity contribution in [3.8, 4) is 0 Å². The molecule has 1 saturated heterocycles. The van der Waals surface area contributed by atoms with E-state index in [1.165, 1.54) is 11.1 Å². The Hall–Kier alpha value is -1.79. The predicted octanol–water partition coefficient (Wildman–Crippen LogP) is 1.93. The first-order valence-corrected chi connectivity index (χ1v) is 8.01. The van der Waals surface area contributed by atoms with Gasteiger partial charge in [0.25, 0.3) is 5.91 Å². The van der Waals surface area contributed by atoms with Gasteiger partial charge in [0.15, 0.2) is 0 Å². The Kier molecular flexibility index (Phi) is 4.57. The number of thiophene rings is 1. The Balaban J connectivity index is 1.55. The number of carbonyl (C=O) groups is 1. The van der Waals surface area contributed by atoms with Crippen LogP contribution in [0.5, 0.6) is 0 Å². The highest BCUT2D eigenvalue weighted by Crippen LogP contribution is 2.17. The molecule has 1 atom stereocenters.